The van der Waals surface area contributed by atoms with Gasteiger partial charge in [-0.1, -0.05) is 82.3 Å². The lowest BCUT2D eigenvalue weighted by Crippen LogP contribution is -2.27. The number of ether oxygens (including phenoxy) is 1. The summed E-state index contributed by atoms with van der Waals surface area (Å²) in [7, 11) is 0. The molecule has 0 aromatic heterocycles. The maximum Gasteiger partial charge on any atom is 0.238 e. The number of aryl methyl sites for hydroxylation is 3. The van der Waals surface area contributed by atoms with Crippen LogP contribution in [0.5, 0.6) is 0 Å². The zero-order chi connectivity index (χ0) is 25.1. The highest BCUT2D eigenvalue weighted by Crippen LogP contribution is 2.25. The van der Waals surface area contributed by atoms with E-state index >= 15 is 0 Å². The van der Waals surface area contributed by atoms with Gasteiger partial charge in [0.25, 0.3) is 0 Å². The van der Waals surface area contributed by atoms with Gasteiger partial charge in [-0.25, -0.2) is 4.99 Å². The molecule has 2 aromatic carbocycles. The van der Waals surface area contributed by atoms with Crippen LogP contribution in [0.15, 0.2) is 71.2 Å². The van der Waals surface area contributed by atoms with Crippen LogP contribution in [0.25, 0.3) is 0 Å². The summed E-state index contributed by atoms with van der Waals surface area (Å²) < 4.78 is 6.49. The summed E-state index contributed by atoms with van der Waals surface area (Å²) >= 11 is 0. The number of nitrogens with zero attached hydrogens (tertiary/aromatic N) is 2. The third-order valence-corrected chi connectivity index (χ3v) is 6.04. The first-order chi connectivity index (χ1) is 16.4. The lowest BCUT2D eigenvalue weighted by atomic mass is 9.94. The monoisotopic (exact) mass is 460 g/mol. The smallest absolute Gasteiger partial charge is 0.238 e. The van der Waals surface area contributed by atoms with E-state index in [2.05, 4.69) is 102 Å². The van der Waals surface area contributed by atoms with Crippen molar-refractivity contribution in [1.82, 2.24) is 4.90 Å². The van der Waals surface area contributed by atoms with E-state index < -0.39 is 0 Å². The average molecular weight is 461 g/mol. The van der Waals surface area contributed by atoms with Gasteiger partial charge in [-0.3, -0.25) is 0 Å². The second kappa shape index (κ2) is 13.8. The molecule has 184 valence electrons. The van der Waals surface area contributed by atoms with Crippen molar-refractivity contribution in [2.24, 2.45) is 4.99 Å². The van der Waals surface area contributed by atoms with Gasteiger partial charge in [0.2, 0.25) is 5.88 Å². The highest BCUT2D eigenvalue weighted by atomic mass is 16.5. The SMILES string of the molecule is C=C(C)/C(=C(\N=C(/C)c1c(CC)cccc1CC)OCc1ccc(C)cc1)N(CCC)CCC. The second-order valence-corrected chi connectivity index (χ2v) is 9.05. The van der Waals surface area contributed by atoms with Crippen molar-refractivity contribution in [2.75, 3.05) is 13.1 Å². The van der Waals surface area contributed by atoms with E-state index in [1.165, 1.54) is 22.3 Å². The summed E-state index contributed by atoms with van der Waals surface area (Å²) in [6.07, 6.45) is 4.07. The molecule has 2 aromatic rings. The van der Waals surface area contributed by atoms with Crippen molar-refractivity contribution in [1.29, 1.82) is 0 Å². The third kappa shape index (κ3) is 7.35. The Morgan fingerprint density at radius 1 is 0.882 bits per heavy atom. The lowest BCUT2D eigenvalue weighted by molar-refractivity contribution is 0.180. The molecule has 0 bridgehead atoms. The van der Waals surface area contributed by atoms with Crippen LogP contribution >= 0.6 is 0 Å². The molecule has 0 saturated carbocycles. The van der Waals surface area contributed by atoms with E-state index in [0.29, 0.717) is 12.5 Å². The van der Waals surface area contributed by atoms with Gasteiger partial charge < -0.3 is 9.64 Å². The molecule has 3 heteroatoms. The summed E-state index contributed by atoms with van der Waals surface area (Å²) in [5.41, 5.74) is 9.29. The number of allylic oxidation sites excluding steroid dienone is 1. The Morgan fingerprint density at radius 2 is 1.44 bits per heavy atom. The van der Waals surface area contributed by atoms with Crippen LogP contribution in [0.1, 0.15) is 82.2 Å². The van der Waals surface area contributed by atoms with Gasteiger partial charge in [-0.15, -0.1) is 0 Å². The first kappa shape index (κ1) is 27.4. The summed E-state index contributed by atoms with van der Waals surface area (Å²) in [6, 6.07) is 15.1. The predicted molar refractivity (Wildman–Crippen MR) is 147 cm³/mol. The first-order valence-corrected chi connectivity index (χ1v) is 12.9. The molecule has 0 radical (unpaired) electrons. The van der Waals surface area contributed by atoms with Crippen molar-refractivity contribution in [3.8, 4) is 0 Å². The fourth-order valence-electron chi connectivity index (χ4n) is 4.37. The van der Waals surface area contributed by atoms with E-state index in [4.69, 9.17) is 9.73 Å². The second-order valence-electron chi connectivity index (χ2n) is 9.05. The number of hydrogen-bond acceptors (Lipinski definition) is 3. The van der Waals surface area contributed by atoms with Gasteiger partial charge in [0, 0.05) is 24.4 Å². The fraction of sp³-hybridized carbons (Fsp3) is 0.452. The van der Waals surface area contributed by atoms with Crippen molar-refractivity contribution < 1.29 is 4.74 Å². The molecule has 2 rings (SSSR count). The van der Waals surface area contributed by atoms with Crippen molar-refractivity contribution in [2.45, 2.75) is 80.8 Å². The predicted octanol–water partition coefficient (Wildman–Crippen LogP) is 8.01. The Hall–Kier alpha value is -2.81. The van der Waals surface area contributed by atoms with Gasteiger partial charge >= 0.3 is 0 Å². The van der Waals surface area contributed by atoms with Crippen molar-refractivity contribution >= 4 is 5.71 Å². The molecule has 3 nitrogen and oxygen atoms in total. The molecule has 0 aliphatic heterocycles. The van der Waals surface area contributed by atoms with Crippen LogP contribution in [0.4, 0.5) is 0 Å². The zero-order valence-electron chi connectivity index (χ0n) is 22.5. The maximum atomic E-state index is 6.49. The molecular weight excluding hydrogens is 416 g/mol. The van der Waals surface area contributed by atoms with E-state index in [-0.39, 0.29) is 0 Å². The van der Waals surface area contributed by atoms with Crippen LogP contribution in [0, 0.1) is 6.92 Å². The molecule has 0 aliphatic carbocycles. The Morgan fingerprint density at radius 3 is 1.91 bits per heavy atom. The van der Waals surface area contributed by atoms with Gasteiger partial charge in [0.1, 0.15) is 12.3 Å². The minimum atomic E-state index is 0.478. The minimum absolute atomic E-state index is 0.478. The highest BCUT2D eigenvalue weighted by molar-refractivity contribution is 6.02. The van der Waals surface area contributed by atoms with E-state index in [1.807, 2.05) is 0 Å². The molecule has 0 amide bonds. The Bertz CT molecular complexity index is 970. The van der Waals surface area contributed by atoms with Crippen LogP contribution in [0.2, 0.25) is 0 Å². The average Bonchev–Trinajstić information content (AvgIpc) is 2.82. The minimum Gasteiger partial charge on any atom is -0.471 e. The number of rotatable bonds is 13. The Labute approximate surface area is 208 Å². The summed E-state index contributed by atoms with van der Waals surface area (Å²) in [5.74, 6) is 0.667. The molecule has 0 unspecified atom stereocenters. The van der Waals surface area contributed by atoms with Crippen molar-refractivity contribution in [3.05, 3.63) is 94.0 Å². The third-order valence-electron chi connectivity index (χ3n) is 6.04. The van der Waals surface area contributed by atoms with Crippen LogP contribution in [-0.4, -0.2) is 23.7 Å². The van der Waals surface area contributed by atoms with Crippen LogP contribution in [-0.2, 0) is 24.2 Å². The summed E-state index contributed by atoms with van der Waals surface area (Å²) in [6.45, 7) is 21.8. The number of benzene rings is 2. The molecule has 34 heavy (non-hydrogen) atoms. The standard InChI is InChI=1S/C31H44N2O/c1-9-20-33(21-10-2)30(23(5)6)31(34-22-26-18-16-24(7)17-19-26)32-25(8)29-27(11-3)14-13-15-28(29)12-4/h13-19H,5,9-12,20-22H2,1-4,6-8H3/b31-30-,32-25+. The van der Waals surface area contributed by atoms with Gasteiger partial charge in [0.15, 0.2) is 0 Å². The fourth-order valence-corrected chi connectivity index (χ4v) is 4.37. The topological polar surface area (TPSA) is 24.8 Å². The largest absolute Gasteiger partial charge is 0.471 e. The molecule has 0 aliphatic rings. The van der Waals surface area contributed by atoms with Gasteiger partial charge in [-0.2, -0.15) is 0 Å². The molecule has 0 N–H and O–H groups in total. The Balaban J connectivity index is 2.64. The zero-order valence-corrected chi connectivity index (χ0v) is 22.5. The highest BCUT2D eigenvalue weighted by Gasteiger charge is 2.18. The summed E-state index contributed by atoms with van der Waals surface area (Å²) in [4.78, 5) is 7.56. The van der Waals surface area contributed by atoms with Crippen LogP contribution < -0.4 is 0 Å². The van der Waals surface area contributed by atoms with Crippen LogP contribution in [0.3, 0.4) is 0 Å². The number of hydrogen-bond donors (Lipinski definition) is 0. The van der Waals surface area contributed by atoms with E-state index in [0.717, 1.165) is 61.3 Å². The molecule has 0 saturated heterocycles. The number of aliphatic imine (C=N–C) groups is 1. The Kier molecular flexibility index (Phi) is 11.1. The van der Waals surface area contributed by atoms with Crippen molar-refractivity contribution in [3.63, 3.8) is 0 Å². The van der Waals surface area contributed by atoms with Gasteiger partial charge in [-0.05, 0) is 68.7 Å². The van der Waals surface area contributed by atoms with E-state index in [1.54, 1.807) is 0 Å². The molecular formula is C31H44N2O. The summed E-state index contributed by atoms with van der Waals surface area (Å²) in [5, 5.41) is 0. The normalized spacial score (nSPS) is 12.4. The van der Waals surface area contributed by atoms with Gasteiger partial charge in [0.05, 0.1) is 0 Å². The lowest BCUT2D eigenvalue weighted by Gasteiger charge is -2.28. The molecule has 0 spiro atoms. The quantitative estimate of drug-likeness (QED) is 0.172. The molecule has 0 heterocycles. The first-order valence-electron chi connectivity index (χ1n) is 12.9. The molecule has 0 fully saturated rings. The van der Waals surface area contributed by atoms with E-state index in [9.17, 15) is 0 Å². The molecule has 0 atom stereocenters. The maximum absolute atomic E-state index is 6.49.